The minimum atomic E-state index is -0.704. The number of aromatic nitrogens is 1. The predicted octanol–water partition coefficient (Wildman–Crippen LogP) is 4.14. The molecule has 1 saturated carbocycles. The lowest BCUT2D eigenvalue weighted by atomic mass is 9.69. The molecule has 3 N–H and O–H groups in total. The molecule has 2 aliphatic rings. The number of rotatable bonds is 4. The van der Waals surface area contributed by atoms with Crippen LogP contribution in [-0.2, 0) is 9.59 Å². The molecule has 5 nitrogen and oxygen atoms in total. The Labute approximate surface area is 182 Å². The SMILES string of the molecule is CC1CC(NC(=O)C2CC(c3c(-c4ccc(F)cc4)[nH]c4c(F)cc(F)cc34)C2)C(=O)N1. The molecule has 166 valence electrons. The van der Waals surface area contributed by atoms with E-state index in [4.69, 9.17) is 0 Å². The first kappa shape index (κ1) is 20.6. The lowest BCUT2D eigenvalue weighted by Gasteiger charge is -2.35. The maximum Gasteiger partial charge on any atom is 0.242 e. The lowest BCUT2D eigenvalue weighted by Crippen LogP contribution is -2.45. The molecule has 0 spiro atoms. The van der Waals surface area contributed by atoms with Crippen molar-refractivity contribution in [2.24, 2.45) is 5.92 Å². The van der Waals surface area contributed by atoms with Gasteiger partial charge in [0.2, 0.25) is 11.8 Å². The number of aromatic amines is 1. The fraction of sp³-hybridized carbons (Fsp3) is 0.333. The first-order valence-corrected chi connectivity index (χ1v) is 10.7. The van der Waals surface area contributed by atoms with Gasteiger partial charge in [0.1, 0.15) is 23.5 Å². The monoisotopic (exact) mass is 441 g/mol. The Morgan fingerprint density at radius 2 is 1.75 bits per heavy atom. The van der Waals surface area contributed by atoms with E-state index >= 15 is 0 Å². The summed E-state index contributed by atoms with van der Waals surface area (Å²) in [7, 11) is 0. The highest BCUT2D eigenvalue weighted by Gasteiger charge is 2.40. The van der Waals surface area contributed by atoms with Crippen LogP contribution in [0.1, 0.15) is 37.7 Å². The first-order chi connectivity index (χ1) is 15.3. The van der Waals surface area contributed by atoms with E-state index in [1.807, 2.05) is 6.92 Å². The molecule has 2 unspecified atom stereocenters. The van der Waals surface area contributed by atoms with E-state index in [0.29, 0.717) is 35.9 Å². The molecule has 2 heterocycles. The topological polar surface area (TPSA) is 74.0 Å². The van der Waals surface area contributed by atoms with Gasteiger partial charge in [0.25, 0.3) is 0 Å². The molecule has 1 saturated heterocycles. The Morgan fingerprint density at radius 3 is 2.41 bits per heavy atom. The summed E-state index contributed by atoms with van der Waals surface area (Å²) in [4.78, 5) is 27.6. The average Bonchev–Trinajstić information content (AvgIpc) is 3.21. The number of hydrogen-bond donors (Lipinski definition) is 3. The Bertz CT molecular complexity index is 1220. The van der Waals surface area contributed by atoms with Crippen LogP contribution in [0.4, 0.5) is 13.2 Å². The second-order valence-electron chi connectivity index (χ2n) is 8.80. The van der Waals surface area contributed by atoms with Crippen molar-refractivity contribution in [3.05, 3.63) is 59.4 Å². The summed E-state index contributed by atoms with van der Waals surface area (Å²) in [5.41, 5.74) is 2.16. The van der Waals surface area contributed by atoms with Crippen LogP contribution >= 0.6 is 0 Å². The van der Waals surface area contributed by atoms with Crippen molar-refractivity contribution in [1.29, 1.82) is 0 Å². The molecule has 2 amide bonds. The van der Waals surface area contributed by atoms with Crippen LogP contribution in [-0.4, -0.2) is 28.9 Å². The maximum absolute atomic E-state index is 14.5. The van der Waals surface area contributed by atoms with Gasteiger partial charge in [0.05, 0.1) is 11.2 Å². The normalized spacial score (nSPS) is 24.9. The smallest absolute Gasteiger partial charge is 0.242 e. The number of H-pyrrole nitrogens is 1. The van der Waals surface area contributed by atoms with Crippen LogP contribution in [0.25, 0.3) is 22.2 Å². The summed E-state index contributed by atoms with van der Waals surface area (Å²) < 4.78 is 41.9. The van der Waals surface area contributed by atoms with Gasteiger partial charge in [-0.15, -0.1) is 0 Å². The summed E-state index contributed by atoms with van der Waals surface area (Å²) in [6.45, 7) is 1.88. The van der Waals surface area contributed by atoms with Crippen LogP contribution in [0.15, 0.2) is 36.4 Å². The molecule has 0 radical (unpaired) electrons. The van der Waals surface area contributed by atoms with Gasteiger partial charge in [0.15, 0.2) is 0 Å². The van der Waals surface area contributed by atoms with E-state index in [1.165, 1.54) is 18.2 Å². The van der Waals surface area contributed by atoms with Gasteiger partial charge in [-0.1, -0.05) is 0 Å². The summed E-state index contributed by atoms with van der Waals surface area (Å²) in [5, 5.41) is 6.02. The van der Waals surface area contributed by atoms with Crippen molar-refractivity contribution in [2.45, 2.75) is 44.2 Å². The molecule has 32 heavy (non-hydrogen) atoms. The minimum absolute atomic E-state index is 0.0243. The number of nitrogens with one attached hydrogen (secondary N) is 3. The third-order valence-electron chi connectivity index (χ3n) is 6.53. The third-order valence-corrected chi connectivity index (χ3v) is 6.53. The molecule has 1 aliphatic carbocycles. The largest absolute Gasteiger partial charge is 0.352 e. The summed E-state index contributed by atoms with van der Waals surface area (Å²) in [6, 6.07) is 7.40. The summed E-state index contributed by atoms with van der Waals surface area (Å²) in [5.74, 6) is -2.53. The molecule has 3 aromatic rings. The quantitative estimate of drug-likeness (QED) is 0.569. The molecular formula is C24H22F3N3O2. The van der Waals surface area contributed by atoms with Crippen LogP contribution in [0, 0.1) is 23.4 Å². The molecule has 2 atom stereocenters. The Hall–Kier alpha value is -3.29. The van der Waals surface area contributed by atoms with Gasteiger partial charge in [0, 0.05) is 23.4 Å². The molecule has 2 fully saturated rings. The van der Waals surface area contributed by atoms with Crippen LogP contribution in [0.2, 0.25) is 0 Å². The van der Waals surface area contributed by atoms with Crippen molar-refractivity contribution in [3.63, 3.8) is 0 Å². The minimum Gasteiger partial charge on any atom is -0.352 e. The van der Waals surface area contributed by atoms with Crippen molar-refractivity contribution in [1.82, 2.24) is 15.6 Å². The second kappa shape index (κ2) is 7.69. The molecule has 1 aromatic heterocycles. The number of carbonyl (C=O) groups is 2. The van der Waals surface area contributed by atoms with E-state index < -0.39 is 23.5 Å². The maximum atomic E-state index is 14.5. The zero-order valence-electron chi connectivity index (χ0n) is 17.3. The Kier molecular flexibility index (Phi) is 4.95. The third kappa shape index (κ3) is 3.53. The van der Waals surface area contributed by atoms with Crippen molar-refractivity contribution < 1.29 is 22.8 Å². The van der Waals surface area contributed by atoms with E-state index in [1.54, 1.807) is 12.1 Å². The predicted molar refractivity (Wildman–Crippen MR) is 113 cm³/mol. The number of carbonyl (C=O) groups excluding carboxylic acids is 2. The van der Waals surface area contributed by atoms with Gasteiger partial charge in [-0.2, -0.15) is 0 Å². The highest BCUT2D eigenvalue weighted by atomic mass is 19.1. The highest BCUT2D eigenvalue weighted by molar-refractivity contribution is 5.93. The summed E-state index contributed by atoms with van der Waals surface area (Å²) >= 11 is 0. The number of fused-ring (bicyclic) bond motifs is 1. The molecule has 0 bridgehead atoms. The van der Waals surface area contributed by atoms with Gasteiger partial charge < -0.3 is 15.6 Å². The van der Waals surface area contributed by atoms with E-state index in [9.17, 15) is 22.8 Å². The average molecular weight is 441 g/mol. The standard InChI is InChI=1S/C24H22F3N3O2/c1-11-6-19(24(32)28-11)29-23(31)14-7-13(8-14)20-17-9-16(26)10-18(27)22(17)30-21(20)12-2-4-15(25)5-3-12/h2-5,9-11,13-14,19,30H,6-8H2,1H3,(H,28,32)(H,29,31). The molecule has 5 rings (SSSR count). The van der Waals surface area contributed by atoms with Gasteiger partial charge in [-0.05, 0) is 73.6 Å². The Morgan fingerprint density at radius 1 is 1.03 bits per heavy atom. The molecule has 8 heteroatoms. The van der Waals surface area contributed by atoms with Gasteiger partial charge in [-0.25, -0.2) is 13.2 Å². The fourth-order valence-electron chi connectivity index (χ4n) is 4.85. The van der Waals surface area contributed by atoms with Crippen LogP contribution < -0.4 is 10.6 Å². The Balaban J connectivity index is 1.43. The highest BCUT2D eigenvalue weighted by Crippen LogP contribution is 2.48. The number of halogens is 3. The van der Waals surface area contributed by atoms with Gasteiger partial charge >= 0.3 is 0 Å². The lowest BCUT2D eigenvalue weighted by molar-refractivity contribution is -0.132. The number of amides is 2. The zero-order chi connectivity index (χ0) is 22.6. The van der Waals surface area contributed by atoms with Crippen LogP contribution in [0.3, 0.4) is 0 Å². The first-order valence-electron chi connectivity index (χ1n) is 10.7. The second-order valence-corrected chi connectivity index (χ2v) is 8.80. The molecule has 1 aliphatic heterocycles. The fourth-order valence-corrected chi connectivity index (χ4v) is 4.85. The molecule has 2 aromatic carbocycles. The number of benzene rings is 2. The summed E-state index contributed by atoms with van der Waals surface area (Å²) in [6.07, 6.45) is 1.54. The zero-order valence-corrected chi connectivity index (χ0v) is 17.3. The number of hydrogen-bond acceptors (Lipinski definition) is 2. The van der Waals surface area contributed by atoms with Crippen LogP contribution in [0.5, 0.6) is 0 Å². The molecular weight excluding hydrogens is 419 g/mol. The van der Waals surface area contributed by atoms with E-state index in [0.717, 1.165) is 11.6 Å². The van der Waals surface area contributed by atoms with Gasteiger partial charge in [-0.3, -0.25) is 9.59 Å². The van der Waals surface area contributed by atoms with Crippen molar-refractivity contribution in [3.8, 4) is 11.3 Å². The van der Waals surface area contributed by atoms with E-state index in [2.05, 4.69) is 15.6 Å². The van der Waals surface area contributed by atoms with E-state index in [-0.39, 0.29) is 35.2 Å². The van der Waals surface area contributed by atoms with Crippen molar-refractivity contribution >= 4 is 22.7 Å². The van der Waals surface area contributed by atoms with Crippen molar-refractivity contribution in [2.75, 3.05) is 0 Å².